The Morgan fingerprint density at radius 3 is 2.55 bits per heavy atom. The molecule has 2 aromatic rings. The van der Waals surface area contributed by atoms with Gasteiger partial charge in [0, 0.05) is 20.1 Å². The smallest absolute Gasteiger partial charge is 0.191 e. The van der Waals surface area contributed by atoms with Gasteiger partial charge in [0.25, 0.3) is 0 Å². The Hall–Kier alpha value is -2.01. The molecule has 0 amide bonds. The number of nitrogens with one attached hydrogen (secondary N) is 2. The maximum absolute atomic E-state index is 5.56. The third kappa shape index (κ3) is 4.77. The summed E-state index contributed by atoms with van der Waals surface area (Å²) in [6.45, 7) is 6.27. The molecule has 1 aromatic heterocycles. The third-order valence-electron chi connectivity index (χ3n) is 3.26. The summed E-state index contributed by atoms with van der Waals surface area (Å²) >= 11 is 1.70. The maximum Gasteiger partial charge on any atom is 0.191 e. The fraction of sp³-hybridized carbons (Fsp3) is 0.353. The minimum absolute atomic E-state index is 0.692. The van der Waals surface area contributed by atoms with Crippen LogP contribution in [0, 0.1) is 6.92 Å². The number of aryl methyl sites for hydroxylation is 1. The summed E-state index contributed by atoms with van der Waals surface area (Å²) in [7, 11) is 1.78. The summed E-state index contributed by atoms with van der Waals surface area (Å²) in [6.07, 6.45) is 0. The molecule has 0 atom stereocenters. The molecule has 1 aromatic carbocycles. The van der Waals surface area contributed by atoms with E-state index in [0.29, 0.717) is 6.61 Å². The van der Waals surface area contributed by atoms with E-state index in [1.807, 2.05) is 13.0 Å². The molecule has 0 aliphatic carbocycles. The zero-order valence-corrected chi connectivity index (χ0v) is 14.2. The highest BCUT2D eigenvalue weighted by Gasteiger charge is 2.03. The van der Waals surface area contributed by atoms with Gasteiger partial charge in [0.1, 0.15) is 5.75 Å². The van der Waals surface area contributed by atoms with Crippen molar-refractivity contribution in [2.45, 2.75) is 26.9 Å². The number of ether oxygens (including phenoxy) is 1. The van der Waals surface area contributed by atoms with Crippen LogP contribution in [0.1, 0.15) is 23.6 Å². The van der Waals surface area contributed by atoms with Gasteiger partial charge in [0.05, 0.1) is 6.61 Å². The average molecular weight is 317 g/mol. The second kappa shape index (κ2) is 8.44. The number of thiophene rings is 1. The number of hydrogen-bond acceptors (Lipinski definition) is 3. The van der Waals surface area contributed by atoms with Crippen LogP contribution < -0.4 is 15.4 Å². The van der Waals surface area contributed by atoms with Crippen molar-refractivity contribution in [1.82, 2.24) is 10.6 Å². The predicted molar refractivity (Wildman–Crippen MR) is 93.7 cm³/mol. The molecule has 0 saturated heterocycles. The molecular formula is C17H23N3OS. The third-order valence-corrected chi connectivity index (χ3v) is 3.99. The Morgan fingerprint density at radius 2 is 1.95 bits per heavy atom. The van der Waals surface area contributed by atoms with Crippen LogP contribution in [0.2, 0.25) is 0 Å². The molecule has 1 heterocycles. The molecule has 0 bridgehead atoms. The van der Waals surface area contributed by atoms with E-state index < -0.39 is 0 Å². The van der Waals surface area contributed by atoms with Crippen LogP contribution in [-0.2, 0) is 13.1 Å². The number of aliphatic imine (C=N–C) groups is 1. The van der Waals surface area contributed by atoms with Gasteiger partial charge in [0.15, 0.2) is 5.96 Å². The van der Waals surface area contributed by atoms with Crippen molar-refractivity contribution in [2.75, 3.05) is 13.7 Å². The summed E-state index contributed by atoms with van der Waals surface area (Å²) in [4.78, 5) is 4.25. The van der Waals surface area contributed by atoms with E-state index >= 15 is 0 Å². The summed E-state index contributed by atoms with van der Waals surface area (Å²) < 4.78 is 5.56. The second-order valence-corrected chi connectivity index (χ2v) is 5.72. The molecule has 4 nitrogen and oxygen atoms in total. The lowest BCUT2D eigenvalue weighted by Gasteiger charge is -2.13. The van der Waals surface area contributed by atoms with Crippen LogP contribution in [0.3, 0.4) is 0 Å². The van der Waals surface area contributed by atoms with Gasteiger partial charge >= 0.3 is 0 Å². The fourth-order valence-corrected chi connectivity index (χ4v) is 2.79. The fourth-order valence-electron chi connectivity index (χ4n) is 2.12. The monoisotopic (exact) mass is 317 g/mol. The topological polar surface area (TPSA) is 45.6 Å². The lowest BCUT2D eigenvalue weighted by atomic mass is 10.1. The standard InChI is InChI=1S/C17H23N3OS/c1-4-21-16-6-5-14(9-13(16)2)10-19-17(18-3)20-11-15-7-8-22-12-15/h5-9,12H,4,10-11H2,1-3H3,(H2,18,19,20). The SMILES string of the molecule is CCOc1ccc(CNC(=NC)NCc2ccsc2)cc1C. The Bertz CT molecular complexity index is 608. The molecule has 2 N–H and O–H groups in total. The first kappa shape index (κ1) is 16.4. The van der Waals surface area contributed by atoms with Gasteiger partial charge in [-0.3, -0.25) is 4.99 Å². The minimum atomic E-state index is 0.692. The van der Waals surface area contributed by atoms with Crippen LogP contribution in [0.4, 0.5) is 0 Å². The molecule has 2 rings (SSSR count). The van der Waals surface area contributed by atoms with E-state index in [2.05, 4.69) is 51.5 Å². The van der Waals surface area contributed by atoms with Gasteiger partial charge in [-0.05, 0) is 53.4 Å². The summed E-state index contributed by atoms with van der Waals surface area (Å²) in [5.41, 5.74) is 3.63. The molecule has 0 fully saturated rings. The van der Waals surface area contributed by atoms with Crippen LogP contribution >= 0.6 is 11.3 Å². The molecule has 0 spiro atoms. The van der Waals surface area contributed by atoms with Gasteiger partial charge in [-0.2, -0.15) is 11.3 Å². The largest absolute Gasteiger partial charge is 0.494 e. The molecule has 0 saturated carbocycles. The Balaban J connectivity index is 1.86. The quantitative estimate of drug-likeness (QED) is 0.634. The molecule has 0 aliphatic heterocycles. The van der Waals surface area contributed by atoms with Crippen molar-refractivity contribution in [3.8, 4) is 5.75 Å². The van der Waals surface area contributed by atoms with Crippen molar-refractivity contribution in [3.05, 3.63) is 51.7 Å². The van der Waals surface area contributed by atoms with Crippen LogP contribution in [0.15, 0.2) is 40.0 Å². The predicted octanol–water partition coefficient (Wildman–Crippen LogP) is 3.32. The number of rotatable bonds is 6. The highest BCUT2D eigenvalue weighted by molar-refractivity contribution is 7.07. The Kier molecular flexibility index (Phi) is 6.27. The highest BCUT2D eigenvalue weighted by atomic mass is 32.1. The minimum Gasteiger partial charge on any atom is -0.494 e. The Labute approximate surface area is 136 Å². The van der Waals surface area contributed by atoms with Gasteiger partial charge in [-0.1, -0.05) is 12.1 Å². The average Bonchev–Trinajstić information content (AvgIpc) is 3.03. The summed E-state index contributed by atoms with van der Waals surface area (Å²) in [5, 5.41) is 10.9. The van der Waals surface area contributed by atoms with E-state index in [1.54, 1.807) is 18.4 Å². The van der Waals surface area contributed by atoms with E-state index in [9.17, 15) is 0 Å². The zero-order chi connectivity index (χ0) is 15.8. The molecular weight excluding hydrogens is 294 g/mol. The number of nitrogens with zero attached hydrogens (tertiary/aromatic N) is 1. The number of hydrogen-bond donors (Lipinski definition) is 2. The van der Waals surface area contributed by atoms with Gasteiger partial charge in [0.2, 0.25) is 0 Å². The van der Waals surface area contributed by atoms with Gasteiger partial charge in [-0.15, -0.1) is 0 Å². The molecule has 22 heavy (non-hydrogen) atoms. The van der Waals surface area contributed by atoms with Gasteiger partial charge in [-0.25, -0.2) is 0 Å². The summed E-state index contributed by atoms with van der Waals surface area (Å²) in [6, 6.07) is 8.36. The van der Waals surface area contributed by atoms with Crippen molar-refractivity contribution in [2.24, 2.45) is 4.99 Å². The zero-order valence-electron chi connectivity index (χ0n) is 13.3. The first-order valence-corrected chi connectivity index (χ1v) is 8.35. The van der Waals surface area contributed by atoms with E-state index in [4.69, 9.17) is 4.74 Å². The second-order valence-electron chi connectivity index (χ2n) is 4.94. The molecule has 0 aliphatic rings. The highest BCUT2D eigenvalue weighted by Crippen LogP contribution is 2.18. The van der Waals surface area contributed by atoms with Gasteiger partial charge < -0.3 is 15.4 Å². The molecule has 118 valence electrons. The maximum atomic E-state index is 5.56. The van der Waals surface area contributed by atoms with E-state index in [-0.39, 0.29) is 0 Å². The first-order chi connectivity index (χ1) is 10.7. The molecule has 0 unspecified atom stereocenters. The normalized spacial score (nSPS) is 11.3. The molecule has 5 heteroatoms. The lowest BCUT2D eigenvalue weighted by molar-refractivity contribution is 0.338. The molecule has 0 radical (unpaired) electrons. The Morgan fingerprint density at radius 1 is 1.18 bits per heavy atom. The van der Waals surface area contributed by atoms with Crippen molar-refractivity contribution in [3.63, 3.8) is 0 Å². The van der Waals surface area contributed by atoms with Crippen LogP contribution in [-0.4, -0.2) is 19.6 Å². The van der Waals surface area contributed by atoms with E-state index in [1.165, 1.54) is 11.1 Å². The van der Waals surface area contributed by atoms with Crippen molar-refractivity contribution < 1.29 is 4.74 Å². The number of guanidine groups is 1. The van der Waals surface area contributed by atoms with Crippen LogP contribution in [0.25, 0.3) is 0 Å². The summed E-state index contributed by atoms with van der Waals surface area (Å²) in [5.74, 6) is 1.75. The van der Waals surface area contributed by atoms with Crippen LogP contribution in [0.5, 0.6) is 5.75 Å². The lowest BCUT2D eigenvalue weighted by Crippen LogP contribution is -2.36. The first-order valence-electron chi connectivity index (χ1n) is 7.41. The number of benzene rings is 1. The van der Waals surface area contributed by atoms with E-state index in [0.717, 1.165) is 30.4 Å². The van der Waals surface area contributed by atoms with Crippen molar-refractivity contribution in [1.29, 1.82) is 0 Å². The van der Waals surface area contributed by atoms with Crippen molar-refractivity contribution >= 4 is 17.3 Å².